The van der Waals surface area contributed by atoms with Gasteiger partial charge in [0.05, 0.1) is 19.8 Å². The molecule has 0 fully saturated rings. The molecule has 2 atom stereocenters. The first-order valence-corrected chi connectivity index (χ1v) is 17.2. The standard InChI is InChI=1S/C34H66O7/c1-3-5-7-9-11-13-15-17-19-21-23-25-31(38)34(33(40)28-36,41-29-30(37)27-35)32(39)26-24-22-20-18-16-14-12-10-8-6-4-2/h30,33,35-37,40H,3-29H2,1-2H3. The van der Waals surface area contributed by atoms with E-state index >= 15 is 0 Å². The molecule has 0 amide bonds. The minimum Gasteiger partial charge on any atom is -0.394 e. The number of hydrogen-bond donors (Lipinski definition) is 4. The van der Waals surface area contributed by atoms with Gasteiger partial charge < -0.3 is 25.2 Å². The van der Waals surface area contributed by atoms with E-state index in [0.717, 1.165) is 38.5 Å². The largest absolute Gasteiger partial charge is 0.394 e. The Labute approximate surface area is 251 Å². The van der Waals surface area contributed by atoms with Crippen LogP contribution in [0.2, 0.25) is 0 Å². The lowest BCUT2D eigenvalue weighted by molar-refractivity contribution is -0.183. The van der Waals surface area contributed by atoms with Crippen molar-refractivity contribution in [3.63, 3.8) is 0 Å². The summed E-state index contributed by atoms with van der Waals surface area (Å²) in [5, 5.41) is 39.5. The van der Waals surface area contributed by atoms with Crippen molar-refractivity contribution in [2.45, 2.75) is 186 Å². The predicted molar refractivity (Wildman–Crippen MR) is 167 cm³/mol. The third kappa shape index (κ3) is 19.1. The minimum atomic E-state index is -2.21. The van der Waals surface area contributed by atoms with E-state index in [1.807, 2.05) is 0 Å². The molecule has 0 aromatic heterocycles. The van der Waals surface area contributed by atoms with Crippen molar-refractivity contribution in [3.8, 4) is 0 Å². The Hall–Kier alpha value is -0.860. The lowest BCUT2D eigenvalue weighted by Gasteiger charge is -2.35. The van der Waals surface area contributed by atoms with E-state index in [2.05, 4.69) is 13.8 Å². The van der Waals surface area contributed by atoms with E-state index in [1.54, 1.807) is 0 Å². The average molecular weight is 587 g/mol. The van der Waals surface area contributed by atoms with Crippen molar-refractivity contribution in [1.29, 1.82) is 0 Å². The summed E-state index contributed by atoms with van der Waals surface area (Å²) in [4.78, 5) is 26.8. The van der Waals surface area contributed by atoms with Crippen molar-refractivity contribution in [2.75, 3.05) is 19.8 Å². The molecule has 0 saturated heterocycles. The second kappa shape index (κ2) is 27.9. The number of hydrogen-bond acceptors (Lipinski definition) is 7. The number of rotatable bonds is 32. The van der Waals surface area contributed by atoms with Gasteiger partial charge in [0.15, 0.2) is 11.6 Å². The molecule has 7 heteroatoms. The Morgan fingerprint density at radius 2 is 0.854 bits per heavy atom. The van der Waals surface area contributed by atoms with Gasteiger partial charge >= 0.3 is 0 Å². The quantitative estimate of drug-likeness (QED) is 0.0495. The maximum atomic E-state index is 13.4. The summed E-state index contributed by atoms with van der Waals surface area (Å²) in [6.07, 6.45) is 22.0. The zero-order valence-corrected chi connectivity index (χ0v) is 26.8. The third-order valence-electron chi connectivity index (χ3n) is 8.20. The molecule has 7 nitrogen and oxygen atoms in total. The fraction of sp³-hybridized carbons (Fsp3) is 0.941. The van der Waals surface area contributed by atoms with Crippen LogP contribution in [0.1, 0.15) is 168 Å². The number of aliphatic hydroxyl groups is 4. The summed E-state index contributed by atoms with van der Waals surface area (Å²) in [5.41, 5.74) is -2.21. The van der Waals surface area contributed by atoms with E-state index in [9.17, 15) is 30.0 Å². The maximum Gasteiger partial charge on any atom is 0.212 e. The molecule has 0 aliphatic carbocycles. The van der Waals surface area contributed by atoms with Crippen molar-refractivity contribution in [1.82, 2.24) is 0 Å². The predicted octanol–water partition coefficient (Wildman–Crippen LogP) is 6.99. The first-order chi connectivity index (χ1) is 19.9. The second-order valence-corrected chi connectivity index (χ2v) is 12.0. The van der Waals surface area contributed by atoms with Gasteiger partial charge in [-0.15, -0.1) is 0 Å². The lowest BCUT2D eigenvalue weighted by Crippen LogP contribution is -2.60. The summed E-state index contributed by atoms with van der Waals surface area (Å²) in [6, 6.07) is 0. The molecule has 0 aromatic carbocycles. The zero-order valence-electron chi connectivity index (χ0n) is 26.8. The van der Waals surface area contributed by atoms with Crippen LogP contribution in [0.4, 0.5) is 0 Å². The van der Waals surface area contributed by atoms with Gasteiger partial charge in [0.2, 0.25) is 5.60 Å². The SMILES string of the molecule is CCCCCCCCCCCCCC(=O)C(OCC(O)CO)(C(=O)CCCCCCCCCCCCC)C(O)CO. The Bertz CT molecular complexity index is 572. The van der Waals surface area contributed by atoms with Crippen LogP contribution in [0.5, 0.6) is 0 Å². The zero-order chi connectivity index (χ0) is 30.6. The Morgan fingerprint density at radius 3 is 1.15 bits per heavy atom. The van der Waals surface area contributed by atoms with E-state index in [4.69, 9.17) is 4.74 Å². The van der Waals surface area contributed by atoms with Crippen molar-refractivity contribution < 1.29 is 34.8 Å². The molecule has 0 heterocycles. The summed E-state index contributed by atoms with van der Waals surface area (Å²) in [6.45, 7) is 2.58. The second-order valence-electron chi connectivity index (χ2n) is 12.0. The highest BCUT2D eigenvalue weighted by Crippen LogP contribution is 2.27. The summed E-state index contributed by atoms with van der Waals surface area (Å²) < 4.78 is 5.64. The third-order valence-corrected chi connectivity index (χ3v) is 8.20. The van der Waals surface area contributed by atoms with Crippen LogP contribution in [-0.2, 0) is 14.3 Å². The Morgan fingerprint density at radius 1 is 0.537 bits per heavy atom. The number of ether oxygens (including phenoxy) is 1. The van der Waals surface area contributed by atoms with Crippen molar-refractivity contribution >= 4 is 11.6 Å². The molecule has 0 bridgehead atoms. The van der Waals surface area contributed by atoms with Crippen LogP contribution in [0, 0.1) is 0 Å². The first-order valence-electron chi connectivity index (χ1n) is 17.2. The normalized spacial score (nSPS) is 13.4. The molecule has 0 saturated carbocycles. The van der Waals surface area contributed by atoms with Gasteiger partial charge in [0, 0.05) is 12.8 Å². The topological polar surface area (TPSA) is 124 Å². The maximum absolute atomic E-state index is 13.4. The smallest absolute Gasteiger partial charge is 0.212 e. The Kier molecular flexibility index (Phi) is 27.4. The summed E-state index contributed by atoms with van der Waals surface area (Å²) in [7, 11) is 0. The fourth-order valence-corrected chi connectivity index (χ4v) is 5.46. The summed E-state index contributed by atoms with van der Waals surface area (Å²) >= 11 is 0. The van der Waals surface area contributed by atoms with E-state index in [-0.39, 0.29) is 12.8 Å². The number of unbranched alkanes of at least 4 members (excludes halogenated alkanes) is 20. The number of ketones is 2. The van der Waals surface area contributed by atoms with Crippen LogP contribution in [-0.4, -0.2) is 69.6 Å². The highest BCUT2D eigenvalue weighted by atomic mass is 16.5. The minimum absolute atomic E-state index is 0.0628. The molecule has 0 aliphatic rings. The van der Waals surface area contributed by atoms with Crippen LogP contribution in [0.3, 0.4) is 0 Å². The van der Waals surface area contributed by atoms with Crippen LogP contribution < -0.4 is 0 Å². The first kappa shape index (κ1) is 40.1. The van der Waals surface area contributed by atoms with E-state index in [1.165, 1.54) is 89.9 Å². The van der Waals surface area contributed by atoms with Crippen molar-refractivity contribution in [3.05, 3.63) is 0 Å². The van der Waals surface area contributed by atoms with Crippen LogP contribution >= 0.6 is 0 Å². The monoisotopic (exact) mass is 586 g/mol. The molecule has 41 heavy (non-hydrogen) atoms. The van der Waals surface area contributed by atoms with Gasteiger partial charge in [-0.25, -0.2) is 0 Å². The van der Waals surface area contributed by atoms with Gasteiger partial charge in [-0.1, -0.05) is 142 Å². The van der Waals surface area contributed by atoms with E-state index in [0.29, 0.717) is 12.8 Å². The van der Waals surface area contributed by atoms with Gasteiger partial charge in [-0.3, -0.25) is 9.59 Å². The molecular weight excluding hydrogens is 520 g/mol. The number of carbonyl (C=O) groups excluding carboxylic acids is 2. The molecule has 0 radical (unpaired) electrons. The molecule has 0 rings (SSSR count). The number of carbonyl (C=O) groups is 2. The van der Waals surface area contributed by atoms with Gasteiger partial charge in [0.25, 0.3) is 0 Å². The highest BCUT2D eigenvalue weighted by molar-refractivity contribution is 6.11. The molecule has 0 aromatic rings. The Balaban J connectivity index is 4.73. The molecule has 0 aliphatic heterocycles. The molecule has 244 valence electrons. The summed E-state index contributed by atoms with van der Waals surface area (Å²) in [5.74, 6) is -1.10. The molecule has 4 N–H and O–H groups in total. The van der Waals surface area contributed by atoms with Crippen molar-refractivity contribution in [2.24, 2.45) is 0 Å². The fourth-order valence-electron chi connectivity index (χ4n) is 5.46. The van der Waals surface area contributed by atoms with Crippen LogP contribution in [0.25, 0.3) is 0 Å². The van der Waals surface area contributed by atoms with E-state index < -0.39 is 49.2 Å². The molecule has 0 spiro atoms. The number of Topliss-reactive ketones (excluding diaryl/α,β-unsaturated/α-hetero) is 2. The lowest BCUT2D eigenvalue weighted by atomic mass is 9.82. The van der Waals surface area contributed by atoms with Gasteiger partial charge in [0.1, 0.15) is 12.2 Å². The number of aliphatic hydroxyl groups excluding tert-OH is 4. The molecule has 2 unspecified atom stereocenters. The van der Waals surface area contributed by atoms with Crippen LogP contribution in [0.15, 0.2) is 0 Å². The van der Waals surface area contributed by atoms with Gasteiger partial charge in [-0.05, 0) is 12.8 Å². The average Bonchev–Trinajstić information content (AvgIpc) is 2.98. The van der Waals surface area contributed by atoms with Gasteiger partial charge in [-0.2, -0.15) is 0 Å². The highest BCUT2D eigenvalue weighted by Gasteiger charge is 2.51. The molecular formula is C34H66O7.